The van der Waals surface area contributed by atoms with E-state index in [1.165, 1.54) is 0 Å². The van der Waals surface area contributed by atoms with Crippen molar-refractivity contribution < 1.29 is 14.3 Å². The number of hydrogen-bond acceptors (Lipinski definition) is 3. The monoisotopic (exact) mass is 325 g/mol. The summed E-state index contributed by atoms with van der Waals surface area (Å²) in [5, 5.41) is 3.06. The molecule has 1 amide bonds. The molecule has 2 aromatic carbocycles. The summed E-state index contributed by atoms with van der Waals surface area (Å²) in [7, 11) is 0. The second-order valence-electron chi connectivity index (χ2n) is 6.41. The molecule has 3 rings (SSSR count). The van der Waals surface area contributed by atoms with Crippen LogP contribution in [0.15, 0.2) is 36.4 Å². The minimum absolute atomic E-state index is 0.0153. The fourth-order valence-electron chi connectivity index (χ4n) is 3.06. The summed E-state index contributed by atoms with van der Waals surface area (Å²) in [5.74, 6) is 1.46. The SMILES string of the molecule is Cc1cc(C)cc(OCC(=O)NC2CCOc3ccc(C)cc32)c1. The zero-order valence-corrected chi connectivity index (χ0v) is 14.4. The van der Waals surface area contributed by atoms with Gasteiger partial charge in [0.25, 0.3) is 5.91 Å². The van der Waals surface area contributed by atoms with Crippen molar-refractivity contribution in [1.29, 1.82) is 0 Å². The van der Waals surface area contributed by atoms with Crippen molar-refractivity contribution in [2.24, 2.45) is 0 Å². The molecule has 24 heavy (non-hydrogen) atoms. The van der Waals surface area contributed by atoms with E-state index in [0.717, 1.165) is 40.2 Å². The number of nitrogens with one attached hydrogen (secondary N) is 1. The van der Waals surface area contributed by atoms with Crippen LogP contribution in [-0.2, 0) is 4.79 Å². The van der Waals surface area contributed by atoms with Gasteiger partial charge in [0.15, 0.2) is 6.61 Å². The first kappa shape index (κ1) is 16.4. The Bertz CT molecular complexity index is 734. The molecule has 0 aliphatic carbocycles. The number of hydrogen-bond donors (Lipinski definition) is 1. The van der Waals surface area contributed by atoms with E-state index in [1.807, 2.05) is 45.0 Å². The summed E-state index contributed by atoms with van der Waals surface area (Å²) in [6, 6.07) is 12.0. The zero-order chi connectivity index (χ0) is 17.1. The highest BCUT2D eigenvalue weighted by Gasteiger charge is 2.23. The van der Waals surface area contributed by atoms with Crippen LogP contribution in [0.2, 0.25) is 0 Å². The largest absolute Gasteiger partial charge is 0.493 e. The van der Waals surface area contributed by atoms with Gasteiger partial charge in [-0.05, 0) is 50.1 Å². The molecule has 126 valence electrons. The number of carbonyl (C=O) groups excluding carboxylic acids is 1. The highest BCUT2D eigenvalue weighted by atomic mass is 16.5. The molecular formula is C20H23NO3. The van der Waals surface area contributed by atoms with Crippen molar-refractivity contribution >= 4 is 5.91 Å². The third-order valence-electron chi connectivity index (χ3n) is 4.11. The summed E-state index contributed by atoms with van der Waals surface area (Å²) < 4.78 is 11.3. The number of ether oxygens (including phenoxy) is 2. The van der Waals surface area contributed by atoms with Crippen LogP contribution in [0.1, 0.15) is 34.7 Å². The molecule has 1 unspecified atom stereocenters. The van der Waals surface area contributed by atoms with Gasteiger partial charge >= 0.3 is 0 Å². The van der Waals surface area contributed by atoms with Crippen LogP contribution >= 0.6 is 0 Å². The minimum atomic E-state index is -0.117. The Kier molecular flexibility index (Phi) is 4.74. The number of carbonyl (C=O) groups is 1. The normalized spacial score (nSPS) is 16.0. The molecule has 1 aliphatic rings. The second kappa shape index (κ2) is 6.95. The number of rotatable bonds is 4. The van der Waals surface area contributed by atoms with Gasteiger partial charge in [-0.25, -0.2) is 0 Å². The summed E-state index contributed by atoms with van der Waals surface area (Å²) in [4.78, 5) is 12.3. The van der Waals surface area contributed by atoms with E-state index in [1.54, 1.807) is 0 Å². The number of benzene rings is 2. The number of fused-ring (bicyclic) bond motifs is 1. The molecule has 4 heteroatoms. The molecular weight excluding hydrogens is 302 g/mol. The molecule has 1 atom stereocenters. The van der Waals surface area contributed by atoms with Gasteiger partial charge in [-0.3, -0.25) is 4.79 Å². The van der Waals surface area contributed by atoms with Gasteiger partial charge < -0.3 is 14.8 Å². The van der Waals surface area contributed by atoms with E-state index in [-0.39, 0.29) is 18.6 Å². The Hall–Kier alpha value is -2.49. The Morgan fingerprint density at radius 2 is 1.88 bits per heavy atom. The molecule has 1 heterocycles. The van der Waals surface area contributed by atoms with Gasteiger partial charge in [0.1, 0.15) is 11.5 Å². The van der Waals surface area contributed by atoms with Gasteiger partial charge in [0.2, 0.25) is 0 Å². The van der Waals surface area contributed by atoms with Crippen LogP contribution in [0.5, 0.6) is 11.5 Å². The van der Waals surface area contributed by atoms with Crippen molar-refractivity contribution in [2.75, 3.05) is 13.2 Å². The number of amides is 1. The lowest BCUT2D eigenvalue weighted by molar-refractivity contribution is -0.124. The smallest absolute Gasteiger partial charge is 0.258 e. The van der Waals surface area contributed by atoms with E-state index in [2.05, 4.69) is 17.4 Å². The van der Waals surface area contributed by atoms with Crippen molar-refractivity contribution in [3.05, 3.63) is 58.7 Å². The Morgan fingerprint density at radius 3 is 2.62 bits per heavy atom. The molecule has 1 aliphatic heterocycles. The summed E-state index contributed by atoms with van der Waals surface area (Å²) in [6.07, 6.45) is 0.770. The first-order chi connectivity index (χ1) is 11.5. The minimum Gasteiger partial charge on any atom is -0.493 e. The van der Waals surface area contributed by atoms with E-state index >= 15 is 0 Å². The fourth-order valence-corrected chi connectivity index (χ4v) is 3.06. The quantitative estimate of drug-likeness (QED) is 0.934. The molecule has 0 saturated carbocycles. The number of aryl methyl sites for hydroxylation is 3. The highest BCUT2D eigenvalue weighted by Crippen LogP contribution is 2.32. The van der Waals surface area contributed by atoms with Crippen LogP contribution in [-0.4, -0.2) is 19.1 Å². The maximum absolute atomic E-state index is 12.3. The fraction of sp³-hybridized carbons (Fsp3) is 0.350. The molecule has 0 saturated heterocycles. The molecule has 0 bridgehead atoms. The predicted octanol–water partition coefficient (Wildman–Crippen LogP) is 3.63. The van der Waals surface area contributed by atoms with Crippen LogP contribution in [0, 0.1) is 20.8 Å². The standard InChI is InChI=1S/C20H23NO3/c1-13-4-5-19-17(11-13)18(6-7-23-19)21-20(22)12-24-16-9-14(2)8-15(3)10-16/h4-5,8-11,18H,6-7,12H2,1-3H3,(H,21,22). The van der Waals surface area contributed by atoms with E-state index in [4.69, 9.17) is 9.47 Å². The third-order valence-corrected chi connectivity index (χ3v) is 4.11. The van der Waals surface area contributed by atoms with Gasteiger partial charge in [-0.1, -0.05) is 23.8 Å². The Labute approximate surface area is 142 Å². The molecule has 0 radical (unpaired) electrons. The lowest BCUT2D eigenvalue weighted by atomic mass is 9.98. The highest BCUT2D eigenvalue weighted by molar-refractivity contribution is 5.78. The maximum atomic E-state index is 12.3. The second-order valence-corrected chi connectivity index (χ2v) is 6.41. The van der Waals surface area contributed by atoms with Gasteiger partial charge in [-0.2, -0.15) is 0 Å². The predicted molar refractivity (Wildman–Crippen MR) is 93.6 cm³/mol. The Balaban J connectivity index is 1.63. The van der Waals surface area contributed by atoms with Crippen molar-refractivity contribution in [1.82, 2.24) is 5.32 Å². The van der Waals surface area contributed by atoms with Crippen LogP contribution in [0.3, 0.4) is 0 Å². The van der Waals surface area contributed by atoms with Crippen molar-refractivity contribution in [3.8, 4) is 11.5 Å². The lowest BCUT2D eigenvalue weighted by Crippen LogP contribution is -2.35. The lowest BCUT2D eigenvalue weighted by Gasteiger charge is -2.27. The molecule has 1 N–H and O–H groups in total. The van der Waals surface area contributed by atoms with Crippen LogP contribution in [0.4, 0.5) is 0 Å². The first-order valence-electron chi connectivity index (χ1n) is 8.25. The average Bonchev–Trinajstić information content (AvgIpc) is 2.53. The van der Waals surface area contributed by atoms with Crippen LogP contribution < -0.4 is 14.8 Å². The van der Waals surface area contributed by atoms with Gasteiger partial charge in [0, 0.05) is 12.0 Å². The molecule has 4 nitrogen and oxygen atoms in total. The third kappa shape index (κ3) is 3.88. The van der Waals surface area contributed by atoms with E-state index < -0.39 is 0 Å². The van der Waals surface area contributed by atoms with Crippen molar-refractivity contribution in [2.45, 2.75) is 33.2 Å². The molecule has 2 aromatic rings. The average molecular weight is 325 g/mol. The van der Waals surface area contributed by atoms with Crippen LogP contribution in [0.25, 0.3) is 0 Å². The van der Waals surface area contributed by atoms with E-state index in [9.17, 15) is 4.79 Å². The summed E-state index contributed by atoms with van der Waals surface area (Å²) >= 11 is 0. The van der Waals surface area contributed by atoms with E-state index in [0.29, 0.717) is 6.61 Å². The zero-order valence-electron chi connectivity index (χ0n) is 14.4. The van der Waals surface area contributed by atoms with Gasteiger partial charge in [0.05, 0.1) is 12.6 Å². The maximum Gasteiger partial charge on any atom is 0.258 e. The first-order valence-corrected chi connectivity index (χ1v) is 8.25. The van der Waals surface area contributed by atoms with Gasteiger partial charge in [-0.15, -0.1) is 0 Å². The molecule has 0 aromatic heterocycles. The molecule has 0 fully saturated rings. The van der Waals surface area contributed by atoms with Crippen molar-refractivity contribution in [3.63, 3.8) is 0 Å². The molecule has 0 spiro atoms. The summed E-state index contributed by atoms with van der Waals surface area (Å²) in [6.45, 7) is 6.69. The summed E-state index contributed by atoms with van der Waals surface area (Å²) in [5.41, 5.74) is 4.45. The Morgan fingerprint density at radius 1 is 1.12 bits per heavy atom. The topological polar surface area (TPSA) is 47.6 Å².